The molecule has 0 spiro atoms. The maximum atomic E-state index is 12.4. The maximum absolute atomic E-state index is 12.4. The Morgan fingerprint density at radius 1 is 1.35 bits per heavy atom. The van der Waals surface area contributed by atoms with E-state index in [4.69, 9.17) is 0 Å². The molecule has 0 aliphatic heterocycles. The number of fused-ring (bicyclic) bond motifs is 1. The summed E-state index contributed by atoms with van der Waals surface area (Å²) in [4.78, 5) is 25.4. The Labute approximate surface area is 116 Å². The number of carbonyl (C=O) groups excluding carboxylic acids is 1. The highest BCUT2D eigenvalue weighted by atomic mass is 16.3. The van der Waals surface area contributed by atoms with Gasteiger partial charge < -0.3 is 10.0 Å². The Bertz CT molecular complexity index is 701. The summed E-state index contributed by atoms with van der Waals surface area (Å²) in [7, 11) is 1.59. The Morgan fingerprint density at radius 3 is 2.55 bits per heavy atom. The van der Waals surface area contributed by atoms with Gasteiger partial charge in [-0.15, -0.1) is 0 Å². The fraction of sp³-hybridized carbons (Fsp3) is 0.357. The number of carbonyl (C=O) groups is 1. The molecule has 20 heavy (non-hydrogen) atoms. The molecule has 0 saturated carbocycles. The highest BCUT2D eigenvalue weighted by Gasteiger charge is 2.23. The number of nitrogens with zero attached hydrogens (tertiary/aromatic N) is 2. The molecular formula is C14H17N3O3. The smallest absolute Gasteiger partial charge is 0.274 e. The molecule has 1 aromatic carbocycles. The number of aromatic nitrogens is 2. The topological polar surface area (TPSA) is 86.3 Å². The monoisotopic (exact) mass is 275 g/mol. The minimum Gasteiger partial charge on any atom is -0.389 e. The molecule has 1 aromatic heterocycles. The van der Waals surface area contributed by atoms with E-state index in [-0.39, 0.29) is 23.7 Å². The van der Waals surface area contributed by atoms with Crippen molar-refractivity contribution < 1.29 is 9.90 Å². The number of hydrogen-bond donors (Lipinski definition) is 2. The molecule has 106 valence electrons. The Balaban J connectivity index is 2.46. The van der Waals surface area contributed by atoms with Crippen LogP contribution >= 0.6 is 0 Å². The van der Waals surface area contributed by atoms with Gasteiger partial charge in [0.05, 0.1) is 11.0 Å². The van der Waals surface area contributed by atoms with Crippen LogP contribution < -0.4 is 5.56 Å². The van der Waals surface area contributed by atoms with Crippen molar-refractivity contribution in [1.82, 2.24) is 15.1 Å². The highest BCUT2D eigenvalue weighted by Crippen LogP contribution is 2.15. The summed E-state index contributed by atoms with van der Waals surface area (Å²) in [5.41, 5.74) is -1.16. The third-order valence-electron chi connectivity index (χ3n) is 2.87. The van der Waals surface area contributed by atoms with Crippen molar-refractivity contribution in [2.24, 2.45) is 0 Å². The number of benzene rings is 1. The van der Waals surface area contributed by atoms with Gasteiger partial charge in [0.2, 0.25) is 0 Å². The zero-order chi connectivity index (χ0) is 14.9. The second-order valence-corrected chi connectivity index (χ2v) is 5.42. The van der Waals surface area contributed by atoms with E-state index in [2.05, 4.69) is 10.2 Å². The van der Waals surface area contributed by atoms with Crippen LogP contribution in [0.25, 0.3) is 10.8 Å². The number of rotatable bonds is 3. The lowest BCUT2D eigenvalue weighted by Gasteiger charge is -2.25. The second kappa shape index (κ2) is 5.05. The molecule has 2 N–H and O–H groups in total. The van der Waals surface area contributed by atoms with Gasteiger partial charge in [-0.05, 0) is 19.9 Å². The predicted molar refractivity (Wildman–Crippen MR) is 75.6 cm³/mol. The van der Waals surface area contributed by atoms with Crippen LogP contribution in [0.15, 0.2) is 29.1 Å². The minimum atomic E-state index is -0.998. The van der Waals surface area contributed by atoms with Gasteiger partial charge in [0.25, 0.3) is 11.5 Å². The van der Waals surface area contributed by atoms with E-state index < -0.39 is 5.60 Å². The largest absolute Gasteiger partial charge is 0.389 e. The lowest BCUT2D eigenvalue weighted by Crippen LogP contribution is -2.40. The van der Waals surface area contributed by atoms with Gasteiger partial charge in [0.1, 0.15) is 0 Å². The summed E-state index contributed by atoms with van der Waals surface area (Å²) in [6.45, 7) is 3.41. The van der Waals surface area contributed by atoms with Gasteiger partial charge in [-0.25, -0.2) is 5.10 Å². The fourth-order valence-corrected chi connectivity index (χ4v) is 2.11. The van der Waals surface area contributed by atoms with Gasteiger partial charge in [0.15, 0.2) is 5.69 Å². The van der Waals surface area contributed by atoms with Crippen LogP contribution in [0.1, 0.15) is 24.3 Å². The summed E-state index contributed by atoms with van der Waals surface area (Å²) in [6, 6.07) is 6.80. The van der Waals surface area contributed by atoms with Crippen LogP contribution in [0.5, 0.6) is 0 Å². The molecule has 0 radical (unpaired) electrons. The third kappa shape index (κ3) is 2.85. The van der Waals surface area contributed by atoms with E-state index in [0.717, 1.165) is 0 Å². The molecule has 0 fully saturated rings. The van der Waals surface area contributed by atoms with Crippen molar-refractivity contribution in [3.63, 3.8) is 0 Å². The van der Waals surface area contributed by atoms with E-state index in [1.807, 2.05) is 0 Å². The van der Waals surface area contributed by atoms with Crippen LogP contribution in [0.2, 0.25) is 0 Å². The van der Waals surface area contributed by atoms with Gasteiger partial charge in [-0.2, -0.15) is 5.10 Å². The molecule has 0 bridgehead atoms. The molecule has 0 aliphatic rings. The summed E-state index contributed by atoms with van der Waals surface area (Å²) in [6.07, 6.45) is 0. The first kappa shape index (κ1) is 14.2. The summed E-state index contributed by atoms with van der Waals surface area (Å²) in [5, 5.41) is 16.9. The van der Waals surface area contributed by atoms with Crippen molar-refractivity contribution in [2.75, 3.05) is 13.6 Å². The molecule has 0 unspecified atom stereocenters. The first-order valence-corrected chi connectivity index (χ1v) is 6.25. The van der Waals surface area contributed by atoms with E-state index in [1.54, 1.807) is 45.2 Å². The van der Waals surface area contributed by atoms with E-state index >= 15 is 0 Å². The number of aliphatic hydroxyl groups is 1. The molecule has 1 amide bonds. The number of likely N-dealkylation sites (N-methyl/N-ethyl adjacent to an activating group) is 1. The fourth-order valence-electron chi connectivity index (χ4n) is 2.11. The lowest BCUT2D eigenvalue weighted by molar-refractivity contribution is 0.0365. The van der Waals surface area contributed by atoms with Crippen molar-refractivity contribution in [3.8, 4) is 0 Å². The van der Waals surface area contributed by atoms with E-state index in [9.17, 15) is 14.7 Å². The standard InChI is InChI=1S/C14H17N3O3/c1-14(2,20)8-17(3)13(19)11-9-6-4-5-7-10(9)12(18)16-15-11/h4-7,20H,8H2,1-3H3,(H,16,18). The first-order valence-electron chi connectivity index (χ1n) is 6.25. The summed E-state index contributed by atoms with van der Waals surface area (Å²) >= 11 is 0. The quantitative estimate of drug-likeness (QED) is 0.866. The summed E-state index contributed by atoms with van der Waals surface area (Å²) in [5.74, 6) is -0.348. The van der Waals surface area contributed by atoms with Gasteiger partial charge in [-0.3, -0.25) is 9.59 Å². The molecule has 2 aromatic rings. The third-order valence-corrected chi connectivity index (χ3v) is 2.87. The van der Waals surface area contributed by atoms with Crippen molar-refractivity contribution in [2.45, 2.75) is 19.4 Å². The van der Waals surface area contributed by atoms with Crippen molar-refractivity contribution in [1.29, 1.82) is 0 Å². The predicted octanol–water partition coefficient (Wildman–Crippen LogP) is 0.766. The first-order chi connectivity index (χ1) is 9.29. The zero-order valence-electron chi connectivity index (χ0n) is 11.7. The van der Waals surface area contributed by atoms with Gasteiger partial charge in [-0.1, -0.05) is 18.2 Å². The zero-order valence-corrected chi connectivity index (χ0v) is 11.7. The average molecular weight is 275 g/mol. The van der Waals surface area contributed by atoms with Crippen molar-refractivity contribution in [3.05, 3.63) is 40.3 Å². The van der Waals surface area contributed by atoms with Crippen LogP contribution in [-0.2, 0) is 0 Å². The Kier molecular flexibility index (Phi) is 3.59. The average Bonchev–Trinajstić information content (AvgIpc) is 2.37. The van der Waals surface area contributed by atoms with Gasteiger partial charge >= 0.3 is 0 Å². The summed E-state index contributed by atoms with van der Waals surface area (Å²) < 4.78 is 0. The molecule has 0 aliphatic carbocycles. The van der Waals surface area contributed by atoms with Crippen LogP contribution in [0.4, 0.5) is 0 Å². The SMILES string of the molecule is CN(CC(C)(C)O)C(=O)c1n[nH]c(=O)c2ccccc12. The number of H-pyrrole nitrogens is 1. The maximum Gasteiger partial charge on any atom is 0.274 e. The number of nitrogens with one attached hydrogen (secondary N) is 1. The second-order valence-electron chi connectivity index (χ2n) is 5.42. The Hall–Kier alpha value is -2.21. The molecule has 1 heterocycles. The molecule has 6 nitrogen and oxygen atoms in total. The minimum absolute atomic E-state index is 0.168. The Morgan fingerprint density at radius 2 is 1.95 bits per heavy atom. The molecular weight excluding hydrogens is 258 g/mol. The lowest BCUT2D eigenvalue weighted by atomic mass is 10.1. The van der Waals surface area contributed by atoms with Crippen LogP contribution in [0.3, 0.4) is 0 Å². The molecule has 0 saturated heterocycles. The van der Waals surface area contributed by atoms with Crippen LogP contribution in [0, 0.1) is 0 Å². The molecule has 2 rings (SSSR count). The van der Waals surface area contributed by atoms with Gasteiger partial charge in [0, 0.05) is 19.0 Å². The highest BCUT2D eigenvalue weighted by molar-refractivity contribution is 6.04. The van der Waals surface area contributed by atoms with Crippen molar-refractivity contribution >= 4 is 16.7 Å². The van der Waals surface area contributed by atoms with E-state index in [1.165, 1.54) is 4.90 Å². The normalized spacial score (nSPS) is 11.6. The number of aromatic amines is 1. The van der Waals surface area contributed by atoms with E-state index in [0.29, 0.717) is 10.8 Å². The van der Waals surface area contributed by atoms with Crippen LogP contribution in [-0.4, -0.2) is 45.3 Å². The molecule has 0 atom stereocenters. The number of hydrogen-bond acceptors (Lipinski definition) is 4. The number of amides is 1. The molecule has 6 heteroatoms.